The highest BCUT2D eigenvalue weighted by molar-refractivity contribution is 6.74. The van der Waals surface area contributed by atoms with Crippen LogP contribution in [0.5, 0.6) is 0 Å². The van der Waals surface area contributed by atoms with E-state index < -0.39 is 16.6 Å². The number of fused-ring (bicyclic) bond motifs is 5. The van der Waals surface area contributed by atoms with Gasteiger partial charge in [0.05, 0.1) is 5.60 Å². The summed E-state index contributed by atoms with van der Waals surface area (Å²) in [4.78, 5) is 0. The van der Waals surface area contributed by atoms with Crippen molar-refractivity contribution >= 4 is 16.6 Å². The maximum Gasteiger partial charge on any atom is 0.192 e. The quantitative estimate of drug-likeness (QED) is 0.236. The fourth-order valence-electron chi connectivity index (χ4n) is 9.58. The molecule has 0 saturated heterocycles. The first-order chi connectivity index (χ1) is 19.4. The molecule has 0 N–H and O–H groups in total. The van der Waals surface area contributed by atoms with Gasteiger partial charge in [-0.05, 0) is 136 Å². The van der Waals surface area contributed by atoms with E-state index in [1.54, 1.807) is 5.57 Å². The van der Waals surface area contributed by atoms with Crippen LogP contribution in [-0.4, -0.2) is 28.3 Å². The number of allylic oxidation sites excluding steroid dienone is 3. The summed E-state index contributed by atoms with van der Waals surface area (Å²) in [6, 6.07) is 0. The Morgan fingerprint density at radius 3 is 2.05 bits per heavy atom. The zero-order valence-electron chi connectivity index (χ0n) is 31.4. The highest BCUT2D eigenvalue weighted by Crippen LogP contribution is 2.66. The summed E-state index contributed by atoms with van der Waals surface area (Å²) in [6.07, 6.45) is 18.8. The molecule has 4 aliphatic carbocycles. The van der Waals surface area contributed by atoms with Crippen LogP contribution < -0.4 is 0 Å². The minimum atomic E-state index is -1.75. The molecule has 3 saturated carbocycles. The van der Waals surface area contributed by atoms with Gasteiger partial charge in [-0.2, -0.15) is 0 Å². The monoisotopic (exact) mass is 629 g/mol. The van der Waals surface area contributed by atoms with Gasteiger partial charge in [-0.1, -0.05) is 98.5 Å². The van der Waals surface area contributed by atoms with Crippen LogP contribution in [0, 0.1) is 34.5 Å². The van der Waals surface area contributed by atoms with Crippen molar-refractivity contribution in [3.63, 3.8) is 0 Å². The van der Waals surface area contributed by atoms with Crippen molar-refractivity contribution in [2.45, 2.75) is 188 Å². The first kappa shape index (κ1) is 35.7. The smallest absolute Gasteiger partial charge is 0.192 e. The lowest BCUT2D eigenvalue weighted by atomic mass is 9.50. The Balaban J connectivity index is 1.41. The first-order valence-corrected chi connectivity index (χ1v) is 24.0. The molecule has 4 aliphatic rings. The average molecular weight is 629 g/mol. The maximum atomic E-state index is 6.96. The molecule has 0 aliphatic heterocycles. The second-order valence-corrected chi connectivity index (χ2v) is 29.3. The number of rotatable bonds is 9. The molecule has 0 heterocycles. The third-order valence-corrected chi connectivity index (χ3v) is 23.5. The van der Waals surface area contributed by atoms with Crippen molar-refractivity contribution in [2.24, 2.45) is 34.5 Å². The summed E-state index contributed by atoms with van der Waals surface area (Å²) in [6.45, 7) is 36.5. The third kappa shape index (κ3) is 6.94. The lowest BCUT2D eigenvalue weighted by Crippen LogP contribution is -2.49. The van der Waals surface area contributed by atoms with E-state index in [1.807, 2.05) is 5.57 Å². The molecule has 4 heteroatoms. The van der Waals surface area contributed by atoms with Gasteiger partial charge in [-0.3, -0.25) is 0 Å². The zero-order chi connectivity index (χ0) is 32.4. The summed E-state index contributed by atoms with van der Waals surface area (Å²) in [7, 11) is -3.49. The Morgan fingerprint density at radius 1 is 0.814 bits per heavy atom. The largest absolute Gasteiger partial charge is 0.414 e. The van der Waals surface area contributed by atoms with Gasteiger partial charge in [0.2, 0.25) is 0 Å². The van der Waals surface area contributed by atoms with E-state index in [4.69, 9.17) is 8.85 Å². The highest BCUT2D eigenvalue weighted by Gasteiger charge is 2.57. The third-order valence-electron chi connectivity index (χ3n) is 14.3. The highest BCUT2D eigenvalue weighted by atomic mass is 28.4. The van der Waals surface area contributed by atoms with Crippen molar-refractivity contribution in [1.29, 1.82) is 0 Å². The lowest BCUT2D eigenvalue weighted by molar-refractivity contribution is 0.0322. The Kier molecular flexibility index (Phi) is 9.81. The van der Waals surface area contributed by atoms with E-state index in [9.17, 15) is 0 Å². The molecule has 0 amide bonds. The summed E-state index contributed by atoms with van der Waals surface area (Å²) >= 11 is 0. The van der Waals surface area contributed by atoms with Crippen molar-refractivity contribution in [2.75, 3.05) is 0 Å². The van der Waals surface area contributed by atoms with Crippen molar-refractivity contribution in [3.8, 4) is 0 Å². The van der Waals surface area contributed by atoms with E-state index in [1.165, 1.54) is 57.8 Å². The zero-order valence-corrected chi connectivity index (χ0v) is 33.4. The number of hydrogen-bond donors (Lipinski definition) is 0. The topological polar surface area (TPSA) is 18.5 Å². The SMILES string of the molecule is C[C@@H](CCCC(C)(C)O[Si](C)(C)C(C)(C)C)[C@H]1CC[C@H]2C3=CC=C4C[C@@H](O[Si](C)(C)C(C)(C)C)CC[C@]4(C)[C@H]3CC[C@]12C. The molecule has 2 nitrogen and oxygen atoms in total. The van der Waals surface area contributed by atoms with Crippen molar-refractivity contribution in [3.05, 3.63) is 23.3 Å². The molecule has 0 radical (unpaired) electrons. The summed E-state index contributed by atoms with van der Waals surface area (Å²) in [5.74, 6) is 3.19. The van der Waals surface area contributed by atoms with Gasteiger partial charge in [0.1, 0.15) is 0 Å². The average Bonchev–Trinajstić information content (AvgIpc) is 3.19. The van der Waals surface area contributed by atoms with Crippen LogP contribution >= 0.6 is 0 Å². The Bertz CT molecular complexity index is 1070. The predicted octanol–water partition coefficient (Wildman–Crippen LogP) is 12.5. The van der Waals surface area contributed by atoms with Crippen LogP contribution in [0.2, 0.25) is 36.3 Å². The first-order valence-electron chi connectivity index (χ1n) is 18.2. The molecule has 0 aromatic heterocycles. The van der Waals surface area contributed by atoms with Crippen LogP contribution in [0.1, 0.15) is 140 Å². The molecule has 0 bridgehead atoms. The minimum Gasteiger partial charge on any atom is -0.414 e. The van der Waals surface area contributed by atoms with Gasteiger partial charge in [-0.15, -0.1) is 0 Å². The molecular formula is C39H72O2Si2. The van der Waals surface area contributed by atoms with E-state index in [-0.39, 0.29) is 15.7 Å². The van der Waals surface area contributed by atoms with E-state index >= 15 is 0 Å². The molecule has 43 heavy (non-hydrogen) atoms. The summed E-state index contributed by atoms with van der Waals surface area (Å²) in [5, 5.41) is 0.545. The fourth-order valence-corrected chi connectivity index (χ4v) is 12.8. The molecule has 3 fully saturated rings. The Morgan fingerprint density at radius 2 is 1.44 bits per heavy atom. The molecule has 248 valence electrons. The maximum absolute atomic E-state index is 6.96. The summed E-state index contributed by atoms with van der Waals surface area (Å²) < 4.78 is 13.8. The van der Waals surface area contributed by atoms with Crippen LogP contribution in [-0.2, 0) is 8.85 Å². The molecule has 7 atom stereocenters. The van der Waals surface area contributed by atoms with Gasteiger partial charge in [0.15, 0.2) is 16.6 Å². The Labute approximate surface area is 270 Å². The molecule has 4 rings (SSSR count). The Hall–Kier alpha value is -0.166. The molecule has 0 spiro atoms. The van der Waals surface area contributed by atoms with Crippen LogP contribution in [0.15, 0.2) is 23.3 Å². The van der Waals surface area contributed by atoms with Crippen molar-refractivity contribution < 1.29 is 8.85 Å². The normalized spacial score (nSPS) is 34.6. The van der Waals surface area contributed by atoms with E-state index in [2.05, 4.69) is 115 Å². The lowest BCUT2D eigenvalue weighted by Gasteiger charge is -2.56. The predicted molar refractivity (Wildman–Crippen MR) is 193 cm³/mol. The van der Waals surface area contributed by atoms with Gasteiger partial charge in [-0.25, -0.2) is 0 Å². The minimum absolute atomic E-state index is 0.0238. The fraction of sp³-hybridized carbons (Fsp3) is 0.897. The molecule has 0 aromatic carbocycles. The summed E-state index contributed by atoms with van der Waals surface area (Å²) in [5.41, 5.74) is 4.33. The second kappa shape index (κ2) is 11.8. The standard InChI is InChI=1S/C39H72O2Si2/c1-28(17-16-24-37(8,9)41-43(14,15)36(5,6)7)32-20-21-33-31-19-18-29-27-30(40-42(12,13)35(2,3)4)22-25-38(29,10)34(31)23-26-39(32,33)11/h18-19,28,30,32-34H,16-17,20-27H2,1-15H3/t28-,30-,32+,33-,34-,38-,39+/m0/s1. The molecular weight excluding hydrogens is 557 g/mol. The number of hydrogen-bond acceptors (Lipinski definition) is 2. The van der Waals surface area contributed by atoms with E-state index in [0.717, 1.165) is 30.1 Å². The van der Waals surface area contributed by atoms with Crippen LogP contribution in [0.25, 0.3) is 0 Å². The van der Waals surface area contributed by atoms with Gasteiger partial charge < -0.3 is 8.85 Å². The molecule has 0 unspecified atom stereocenters. The van der Waals surface area contributed by atoms with Crippen LogP contribution in [0.4, 0.5) is 0 Å². The van der Waals surface area contributed by atoms with E-state index in [0.29, 0.717) is 16.9 Å². The van der Waals surface area contributed by atoms with Crippen LogP contribution in [0.3, 0.4) is 0 Å². The van der Waals surface area contributed by atoms with Gasteiger partial charge in [0, 0.05) is 6.10 Å². The van der Waals surface area contributed by atoms with Crippen molar-refractivity contribution in [1.82, 2.24) is 0 Å². The van der Waals surface area contributed by atoms with Gasteiger partial charge in [0.25, 0.3) is 0 Å². The van der Waals surface area contributed by atoms with Gasteiger partial charge >= 0.3 is 0 Å². The second-order valence-electron chi connectivity index (χ2n) is 19.8. The molecule has 0 aromatic rings.